The summed E-state index contributed by atoms with van der Waals surface area (Å²) in [6.07, 6.45) is 7.99. The number of rotatable bonds is 8. The van der Waals surface area contributed by atoms with Gasteiger partial charge in [0, 0.05) is 36.4 Å². The minimum Gasteiger partial charge on any atom is -0.330 e. The molecule has 2 aromatic carbocycles. The molecule has 0 saturated carbocycles. The lowest BCUT2D eigenvalue weighted by Gasteiger charge is -2.34. The number of carbonyl (C=O) groups is 1. The standard InChI is InChI=1S/C26H27ClN4O/c27-23-5-3-4-22(14-23)18-30-13-2-1-6-25(30)26(32)12-11-24-16-29-19-31(24)17-21-9-7-20(15-28)8-10-21/h3-5,7-10,14,16,19,25H,1-2,6,11-13,17-18H2/t25-/m0/s1. The van der Waals surface area contributed by atoms with E-state index in [1.807, 2.05) is 55.0 Å². The van der Waals surface area contributed by atoms with Gasteiger partial charge in [-0.2, -0.15) is 5.26 Å². The van der Waals surface area contributed by atoms with Crippen molar-refractivity contribution < 1.29 is 4.79 Å². The molecule has 0 radical (unpaired) electrons. The van der Waals surface area contributed by atoms with Crippen LogP contribution in [0.5, 0.6) is 0 Å². The number of nitrogens with zero attached hydrogens (tertiary/aromatic N) is 4. The van der Waals surface area contributed by atoms with E-state index in [2.05, 4.69) is 26.6 Å². The monoisotopic (exact) mass is 446 g/mol. The third-order valence-electron chi connectivity index (χ3n) is 6.12. The molecule has 2 heterocycles. The molecule has 0 unspecified atom stereocenters. The first-order valence-corrected chi connectivity index (χ1v) is 11.5. The van der Waals surface area contributed by atoms with Gasteiger partial charge >= 0.3 is 0 Å². The van der Waals surface area contributed by atoms with Gasteiger partial charge in [-0.25, -0.2) is 4.98 Å². The van der Waals surface area contributed by atoms with Crippen LogP contribution in [0, 0.1) is 11.3 Å². The lowest BCUT2D eigenvalue weighted by molar-refractivity contribution is -0.125. The molecule has 5 nitrogen and oxygen atoms in total. The van der Waals surface area contributed by atoms with Crippen molar-refractivity contribution in [1.82, 2.24) is 14.5 Å². The highest BCUT2D eigenvalue weighted by atomic mass is 35.5. The summed E-state index contributed by atoms with van der Waals surface area (Å²) in [6, 6.07) is 17.6. The van der Waals surface area contributed by atoms with Crippen LogP contribution < -0.4 is 0 Å². The van der Waals surface area contributed by atoms with E-state index in [0.717, 1.165) is 54.2 Å². The Kier molecular flexibility index (Phi) is 7.36. The average Bonchev–Trinajstić information content (AvgIpc) is 3.25. The van der Waals surface area contributed by atoms with E-state index in [1.54, 1.807) is 0 Å². The number of ketones is 1. The molecule has 1 aliphatic rings. The van der Waals surface area contributed by atoms with Crippen LogP contribution in [0.2, 0.25) is 5.02 Å². The SMILES string of the molecule is N#Cc1ccc(Cn2cncc2CCC(=O)[C@@H]2CCCCN2Cc2cccc(Cl)c2)cc1. The van der Waals surface area contributed by atoms with Crippen LogP contribution in [0.4, 0.5) is 0 Å². The third-order valence-corrected chi connectivity index (χ3v) is 6.36. The Balaban J connectivity index is 1.37. The number of aromatic nitrogens is 2. The van der Waals surface area contributed by atoms with Crippen LogP contribution in [0.1, 0.15) is 48.1 Å². The second-order valence-corrected chi connectivity index (χ2v) is 8.84. The predicted molar refractivity (Wildman–Crippen MR) is 125 cm³/mol. The molecule has 164 valence electrons. The molecular weight excluding hydrogens is 420 g/mol. The Morgan fingerprint density at radius 2 is 1.97 bits per heavy atom. The first-order chi connectivity index (χ1) is 15.6. The fourth-order valence-electron chi connectivity index (χ4n) is 4.41. The Bertz CT molecular complexity index is 1100. The first-order valence-electron chi connectivity index (χ1n) is 11.1. The van der Waals surface area contributed by atoms with Crippen LogP contribution >= 0.6 is 11.6 Å². The van der Waals surface area contributed by atoms with Gasteiger partial charge in [-0.3, -0.25) is 9.69 Å². The Hall–Kier alpha value is -2.94. The number of hydrogen-bond donors (Lipinski definition) is 0. The summed E-state index contributed by atoms with van der Waals surface area (Å²) < 4.78 is 2.08. The van der Waals surface area contributed by atoms with E-state index >= 15 is 0 Å². The van der Waals surface area contributed by atoms with Gasteiger partial charge in [0.1, 0.15) is 5.78 Å². The molecule has 1 aliphatic heterocycles. The minimum atomic E-state index is -0.0300. The van der Waals surface area contributed by atoms with Gasteiger partial charge in [0.2, 0.25) is 0 Å². The van der Waals surface area contributed by atoms with E-state index in [-0.39, 0.29) is 6.04 Å². The second kappa shape index (κ2) is 10.6. The molecule has 4 rings (SSSR count). The maximum absolute atomic E-state index is 13.2. The highest BCUT2D eigenvalue weighted by Crippen LogP contribution is 2.23. The summed E-state index contributed by atoms with van der Waals surface area (Å²) in [4.78, 5) is 19.8. The molecule has 1 aromatic heterocycles. The number of hydrogen-bond acceptors (Lipinski definition) is 4. The van der Waals surface area contributed by atoms with Crippen LogP contribution in [0.3, 0.4) is 0 Å². The molecule has 3 aromatic rings. The van der Waals surface area contributed by atoms with Crippen molar-refractivity contribution in [2.45, 2.75) is 51.2 Å². The number of imidazole rings is 1. The van der Waals surface area contributed by atoms with Crippen molar-refractivity contribution >= 4 is 17.4 Å². The largest absolute Gasteiger partial charge is 0.330 e. The maximum Gasteiger partial charge on any atom is 0.150 e. The predicted octanol–water partition coefficient (Wildman–Crippen LogP) is 5.01. The number of carbonyl (C=O) groups excluding carboxylic acids is 1. The number of piperidine rings is 1. The van der Waals surface area contributed by atoms with E-state index in [9.17, 15) is 4.79 Å². The Labute approximate surface area is 194 Å². The molecule has 0 bridgehead atoms. The van der Waals surface area contributed by atoms with Gasteiger partial charge in [0.15, 0.2) is 0 Å². The normalized spacial score (nSPS) is 16.6. The van der Waals surface area contributed by atoms with Gasteiger partial charge < -0.3 is 4.57 Å². The van der Waals surface area contributed by atoms with Crippen molar-refractivity contribution in [3.05, 3.63) is 88.5 Å². The first kappa shape index (κ1) is 22.3. The second-order valence-electron chi connectivity index (χ2n) is 8.40. The third kappa shape index (κ3) is 5.64. The molecule has 0 amide bonds. The van der Waals surface area contributed by atoms with Crippen molar-refractivity contribution in [2.24, 2.45) is 0 Å². The summed E-state index contributed by atoms with van der Waals surface area (Å²) in [5, 5.41) is 9.70. The van der Waals surface area contributed by atoms with E-state index in [1.165, 1.54) is 0 Å². The van der Waals surface area contributed by atoms with Crippen molar-refractivity contribution in [1.29, 1.82) is 5.26 Å². The summed E-state index contributed by atoms with van der Waals surface area (Å²) in [7, 11) is 0. The van der Waals surface area contributed by atoms with Crippen molar-refractivity contribution in [3.8, 4) is 6.07 Å². The van der Waals surface area contributed by atoms with Crippen LogP contribution in [0.15, 0.2) is 61.1 Å². The highest BCUT2D eigenvalue weighted by Gasteiger charge is 2.28. The van der Waals surface area contributed by atoms with E-state index in [0.29, 0.717) is 30.7 Å². The molecule has 0 aliphatic carbocycles. The highest BCUT2D eigenvalue weighted by molar-refractivity contribution is 6.30. The van der Waals surface area contributed by atoms with Gasteiger partial charge in [0.05, 0.1) is 24.0 Å². The van der Waals surface area contributed by atoms with E-state index in [4.69, 9.17) is 16.9 Å². The zero-order valence-corrected chi connectivity index (χ0v) is 18.8. The smallest absolute Gasteiger partial charge is 0.150 e. The van der Waals surface area contributed by atoms with Crippen LogP contribution in [0.25, 0.3) is 0 Å². The fraction of sp³-hybridized carbons (Fsp3) is 0.346. The zero-order valence-electron chi connectivity index (χ0n) is 18.1. The van der Waals surface area contributed by atoms with Crippen LogP contribution in [-0.4, -0.2) is 32.8 Å². The van der Waals surface area contributed by atoms with Crippen molar-refractivity contribution in [2.75, 3.05) is 6.54 Å². The number of halogens is 1. The fourth-order valence-corrected chi connectivity index (χ4v) is 4.63. The van der Waals surface area contributed by atoms with Gasteiger partial charge in [-0.1, -0.05) is 42.3 Å². The molecule has 6 heteroatoms. The Morgan fingerprint density at radius 1 is 1.12 bits per heavy atom. The van der Waals surface area contributed by atoms with Gasteiger partial charge in [0.25, 0.3) is 0 Å². The van der Waals surface area contributed by atoms with Crippen LogP contribution in [-0.2, 0) is 24.3 Å². The summed E-state index contributed by atoms with van der Waals surface area (Å²) >= 11 is 6.15. The number of likely N-dealkylation sites (tertiary alicyclic amines) is 1. The number of Topliss-reactive ketones (excluding diaryl/α,β-unsaturated/α-hetero) is 1. The number of aryl methyl sites for hydroxylation is 1. The topological polar surface area (TPSA) is 61.9 Å². The summed E-state index contributed by atoms with van der Waals surface area (Å²) in [5.74, 6) is 0.304. The lowest BCUT2D eigenvalue weighted by Crippen LogP contribution is -2.44. The molecule has 1 saturated heterocycles. The van der Waals surface area contributed by atoms with Crippen molar-refractivity contribution in [3.63, 3.8) is 0 Å². The summed E-state index contributed by atoms with van der Waals surface area (Å²) in [6.45, 7) is 2.38. The lowest BCUT2D eigenvalue weighted by atomic mass is 9.95. The minimum absolute atomic E-state index is 0.0300. The quantitative estimate of drug-likeness (QED) is 0.487. The number of benzene rings is 2. The molecular formula is C26H27ClN4O. The van der Waals surface area contributed by atoms with E-state index < -0.39 is 0 Å². The average molecular weight is 447 g/mol. The molecule has 0 N–H and O–H groups in total. The van der Waals surface area contributed by atoms with Gasteiger partial charge in [-0.15, -0.1) is 0 Å². The molecule has 1 fully saturated rings. The summed E-state index contributed by atoms with van der Waals surface area (Å²) in [5.41, 5.74) is 3.96. The number of nitriles is 1. The molecule has 0 spiro atoms. The molecule has 32 heavy (non-hydrogen) atoms. The molecule has 1 atom stereocenters. The van der Waals surface area contributed by atoms with Gasteiger partial charge in [-0.05, 0) is 61.2 Å². The Morgan fingerprint density at radius 3 is 2.75 bits per heavy atom. The maximum atomic E-state index is 13.2. The zero-order chi connectivity index (χ0) is 22.3.